The number of nitrogens with two attached hydrogens (primary N) is 1. The van der Waals surface area contributed by atoms with E-state index in [2.05, 4.69) is 36.9 Å². The molecule has 1 aliphatic heterocycles. The molecule has 0 unspecified atom stereocenters. The number of carbonyl (C=O) groups excluding carboxylic acids is 6. The Labute approximate surface area is 321 Å². The van der Waals surface area contributed by atoms with Crippen molar-refractivity contribution in [3.8, 4) is 5.75 Å². The van der Waals surface area contributed by atoms with Crippen LogP contribution in [0.25, 0.3) is 10.9 Å². The van der Waals surface area contributed by atoms with E-state index in [-0.39, 0.29) is 36.3 Å². The Kier molecular flexibility index (Phi) is 12.2. The summed E-state index contributed by atoms with van der Waals surface area (Å²) in [7, 11) is 0. The van der Waals surface area contributed by atoms with Gasteiger partial charge in [-0.25, -0.2) is 0 Å². The van der Waals surface area contributed by atoms with E-state index in [0.717, 1.165) is 10.9 Å². The Morgan fingerprint density at radius 1 is 0.643 bits per heavy atom. The van der Waals surface area contributed by atoms with Crippen LogP contribution < -0.4 is 37.6 Å². The molecule has 1 fully saturated rings. The second-order valence-electron chi connectivity index (χ2n) is 13.4. The number of aromatic nitrogens is 1. The van der Waals surface area contributed by atoms with Crippen LogP contribution in [0.4, 0.5) is 5.69 Å². The number of phenolic OH excluding ortho intramolecular Hbond substituents is 1. The van der Waals surface area contributed by atoms with Crippen molar-refractivity contribution in [1.82, 2.24) is 36.9 Å². The lowest BCUT2D eigenvalue weighted by Gasteiger charge is -2.26. The monoisotopic (exact) mass is 758 g/mol. The second-order valence-corrected chi connectivity index (χ2v) is 13.4. The molecule has 10 N–H and O–H groups in total. The lowest BCUT2D eigenvalue weighted by atomic mass is 10.0. The van der Waals surface area contributed by atoms with E-state index in [9.17, 15) is 33.9 Å². The average Bonchev–Trinajstić information content (AvgIpc) is 3.61. The number of para-hydroxylation sites is 2. The van der Waals surface area contributed by atoms with Gasteiger partial charge in [0.15, 0.2) is 0 Å². The molecular formula is C41H42N8O7. The zero-order valence-electron chi connectivity index (χ0n) is 30.2. The number of rotatable bonds is 9. The predicted molar refractivity (Wildman–Crippen MR) is 208 cm³/mol. The van der Waals surface area contributed by atoms with Crippen LogP contribution in [-0.4, -0.2) is 82.8 Å². The molecule has 4 aromatic carbocycles. The molecule has 0 saturated carbocycles. The van der Waals surface area contributed by atoms with E-state index in [1.807, 2.05) is 24.3 Å². The molecule has 6 rings (SSSR count). The van der Waals surface area contributed by atoms with E-state index >= 15 is 0 Å². The number of aromatic amines is 1. The van der Waals surface area contributed by atoms with Gasteiger partial charge >= 0.3 is 0 Å². The Bertz CT molecular complexity index is 2220. The largest absolute Gasteiger partial charge is 0.508 e. The van der Waals surface area contributed by atoms with Gasteiger partial charge in [-0.2, -0.15) is 0 Å². The van der Waals surface area contributed by atoms with Crippen LogP contribution in [0.15, 0.2) is 109 Å². The van der Waals surface area contributed by atoms with Crippen LogP contribution in [0.3, 0.4) is 0 Å². The lowest BCUT2D eigenvalue weighted by Crippen LogP contribution is -2.60. The fourth-order valence-electron chi connectivity index (χ4n) is 6.42. The molecule has 6 amide bonds. The smallest absolute Gasteiger partial charge is 0.253 e. The minimum atomic E-state index is -1.44. The van der Waals surface area contributed by atoms with E-state index in [4.69, 9.17) is 5.73 Å². The molecule has 1 saturated heterocycles. The minimum Gasteiger partial charge on any atom is -0.508 e. The summed E-state index contributed by atoms with van der Waals surface area (Å²) in [4.78, 5) is 85.9. The molecule has 0 aliphatic carbocycles. The summed E-state index contributed by atoms with van der Waals surface area (Å²) in [6.45, 7) is -0.949. The number of nitrogens with one attached hydrogen (secondary N) is 7. The lowest BCUT2D eigenvalue weighted by molar-refractivity contribution is -0.133. The molecule has 2 heterocycles. The molecule has 0 radical (unpaired) electrons. The molecule has 0 spiro atoms. The van der Waals surface area contributed by atoms with Crippen LogP contribution in [0.1, 0.15) is 27.0 Å². The topological polar surface area (TPSA) is 237 Å². The van der Waals surface area contributed by atoms with Crippen LogP contribution in [0, 0.1) is 0 Å². The number of nitrogen functional groups attached to an aromatic ring is 1. The van der Waals surface area contributed by atoms with Crippen molar-refractivity contribution in [3.05, 3.63) is 132 Å². The van der Waals surface area contributed by atoms with E-state index in [0.29, 0.717) is 16.7 Å². The minimum absolute atomic E-state index is 0.00804. The van der Waals surface area contributed by atoms with Crippen molar-refractivity contribution in [2.24, 2.45) is 0 Å². The van der Waals surface area contributed by atoms with Gasteiger partial charge in [0.1, 0.15) is 29.9 Å². The van der Waals surface area contributed by atoms with Crippen molar-refractivity contribution >= 4 is 52.0 Å². The fraction of sp³-hybridized carbons (Fsp3) is 0.220. The van der Waals surface area contributed by atoms with Crippen molar-refractivity contribution < 1.29 is 33.9 Å². The maximum atomic E-state index is 14.3. The number of anilines is 1. The first-order valence-corrected chi connectivity index (χ1v) is 18.0. The molecule has 1 aliphatic rings. The standard InChI is InChI=1S/C41H42N8O7/c42-30-12-6-4-11-29(30)37(52)44-22-35-41(56)47-32(18-24-8-2-1-3-9-24)38(53)45-23-36(51)46-33(19-25-14-16-27(50)17-15-25)39(54)48-34(40(55)49-35)20-26-21-43-31-13-7-5-10-28(26)31/h1-17,21,32-35,43,50H,18-20,22-23,42H2,(H,44,52)(H,45,53)(H,46,51)(H,47,56)(H,48,54)(H,49,55)/t32-,33-,34-,35-/m0/s1. The van der Waals surface area contributed by atoms with Gasteiger partial charge < -0.3 is 47.7 Å². The quantitative estimate of drug-likeness (QED) is 0.0981. The molecule has 0 bridgehead atoms. The van der Waals surface area contributed by atoms with Crippen LogP contribution >= 0.6 is 0 Å². The first kappa shape index (κ1) is 38.6. The second kappa shape index (κ2) is 17.8. The Hall–Kier alpha value is -7.16. The summed E-state index contributed by atoms with van der Waals surface area (Å²) >= 11 is 0. The Balaban J connectivity index is 1.35. The van der Waals surface area contributed by atoms with Crippen molar-refractivity contribution in [2.75, 3.05) is 18.8 Å². The number of H-pyrrole nitrogens is 1. The number of phenols is 1. The molecule has 15 heteroatoms. The van der Waals surface area contributed by atoms with Crippen molar-refractivity contribution in [2.45, 2.75) is 43.4 Å². The van der Waals surface area contributed by atoms with Gasteiger partial charge in [-0.05, 0) is 47.0 Å². The molecule has 288 valence electrons. The molecule has 15 nitrogen and oxygen atoms in total. The third kappa shape index (κ3) is 9.87. The third-order valence-electron chi connectivity index (χ3n) is 9.40. The van der Waals surface area contributed by atoms with E-state index < -0.39 is 72.7 Å². The first-order chi connectivity index (χ1) is 27.0. The first-order valence-electron chi connectivity index (χ1n) is 18.0. The molecule has 1 aromatic heterocycles. The van der Waals surface area contributed by atoms with Gasteiger partial charge in [-0.3, -0.25) is 28.8 Å². The normalized spacial score (nSPS) is 19.7. The summed E-state index contributed by atoms with van der Waals surface area (Å²) in [6, 6.07) is 23.5. The predicted octanol–water partition coefficient (Wildman–Crippen LogP) is 0.983. The number of amides is 6. The van der Waals surface area contributed by atoms with Crippen molar-refractivity contribution in [3.63, 3.8) is 0 Å². The SMILES string of the molecule is Nc1ccccc1C(=O)NC[C@@H]1NC(=O)[C@H](Cc2c[nH]c3ccccc23)NC(=O)[C@H](Cc2ccc(O)cc2)NC(=O)CNC(=O)[C@H](Cc2ccccc2)NC1=O. The maximum absolute atomic E-state index is 14.3. The van der Waals surface area contributed by atoms with Gasteiger partial charge in [0.2, 0.25) is 29.5 Å². The number of hydrogen-bond acceptors (Lipinski definition) is 8. The third-order valence-corrected chi connectivity index (χ3v) is 9.40. The van der Waals surface area contributed by atoms with E-state index in [1.165, 1.54) is 18.2 Å². The zero-order chi connectivity index (χ0) is 39.6. The highest BCUT2D eigenvalue weighted by Crippen LogP contribution is 2.20. The highest BCUT2D eigenvalue weighted by atomic mass is 16.3. The number of hydrogen-bond donors (Lipinski definition) is 9. The number of aromatic hydroxyl groups is 1. The summed E-state index contributed by atoms with van der Waals surface area (Å²) in [5, 5.41) is 26.7. The Morgan fingerprint density at radius 3 is 1.93 bits per heavy atom. The summed E-state index contributed by atoms with van der Waals surface area (Å²) < 4.78 is 0. The number of benzene rings is 4. The molecule has 4 atom stereocenters. The van der Waals surface area contributed by atoms with Crippen LogP contribution in [-0.2, 0) is 43.2 Å². The summed E-state index contributed by atoms with van der Waals surface area (Å²) in [5.41, 5.74) is 9.14. The summed E-state index contributed by atoms with van der Waals surface area (Å²) in [5.74, 6) is -4.30. The highest BCUT2D eigenvalue weighted by molar-refractivity contribution is 6.00. The maximum Gasteiger partial charge on any atom is 0.253 e. The van der Waals surface area contributed by atoms with Gasteiger partial charge in [0.25, 0.3) is 5.91 Å². The van der Waals surface area contributed by atoms with Gasteiger partial charge in [0.05, 0.1) is 12.1 Å². The van der Waals surface area contributed by atoms with Crippen molar-refractivity contribution in [1.29, 1.82) is 0 Å². The molecular weight excluding hydrogens is 716 g/mol. The fourth-order valence-corrected chi connectivity index (χ4v) is 6.42. The number of fused-ring (bicyclic) bond motifs is 1. The van der Waals surface area contributed by atoms with Crippen LogP contribution in [0.5, 0.6) is 5.75 Å². The van der Waals surface area contributed by atoms with Gasteiger partial charge in [-0.1, -0.05) is 72.8 Å². The highest BCUT2D eigenvalue weighted by Gasteiger charge is 2.33. The van der Waals surface area contributed by atoms with Gasteiger partial charge in [-0.15, -0.1) is 0 Å². The van der Waals surface area contributed by atoms with Gasteiger partial charge in [0, 0.05) is 48.6 Å². The van der Waals surface area contributed by atoms with Crippen LogP contribution in [0.2, 0.25) is 0 Å². The Morgan fingerprint density at radius 2 is 1.21 bits per heavy atom. The number of carbonyl (C=O) groups is 6. The molecule has 5 aromatic rings. The average molecular weight is 759 g/mol. The molecule has 56 heavy (non-hydrogen) atoms. The summed E-state index contributed by atoms with van der Waals surface area (Å²) in [6.07, 6.45) is 1.69. The van der Waals surface area contributed by atoms with E-state index in [1.54, 1.807) is 66.9 Å². The zero-order valence-corrected chi connectivity index (χ0v) is 30.2.